The molecule has 2 nitrogen and oxygen atoms in total. The molecular weight excluding hydrogens is 176 g/mol. The van der Waals surface area contributed by atoms with Gasteiger partial charge in [-0.25, -0.2) is 0 Å². The van der Waals surface area contributed by atoms with Crippen LogP contribution in [0, 0.1) is 11.3 Å². The van der Waals surface area contributed by atoms with Gasteiger partial charge in [-0.2, -0.15) is 0 Å². The van der Waals surface area contributed by atoms with Crippen LogP contribution in [-0.4, -0.2) is 12.6 Å². The summed E-state index contributed by atoms with van der Waals surface area (Å²) in [5.74, 6) is 0.336. The first kappa shape index (κ1) is 11.5. The standard InChI is InChI=1S/C12H22O2/c1-10(9-14-11(2)13)12(3)7-5-4-6-8-12/h10H,4-9H2,1-3H3. The van der Waals surface area contributed by atoms with Crippen molar-refractivity contribution in [1.29, 1.82) is 0 Å². The lowest BCUT2D eigenvalue weighted by Gasteiger charge is -2.38. The number of hydrogen-bond donors (Lipinski definition) is 0. The van der Waals surface area contributed by atoms with Crippen LogP contribution in [0.1, 0.15) is 52.9 Å². The van der Waals surface area contributed by atoms with Crippen molar-refractivity contribution in [3.8, 4) is 0 Å². The van der Waals surface area contributed by atoms with Crippen LogP contribution >= 0.6 is 0 Å². The van der Waals surface area contributed by atoms with E-state index in [1.54, 1.807) is 0 Å². The molecule has 1 rings (SSSR count). The second kappa shape index (κ2) is 4.81. The van der Waals surface area contributed by atoms with Gasteiger partial charge < -0.3 is 4.74 Å². The third-order valence-corrected chi connectivity index (χ3v) is 3.72. The predicted molar refractivity (Wildman–Crippen MR) is 57.0 cm³/mol. The van der Waals surface area contributed by atoms with Gasteiger partial charge in [0.15, 0.2) is 0 Å². The predicted octanol–water partition coefficient (Wildman–Crippen LogP) is 3.16. The lowest BCUT2D eigenvalue weighted by Crippen LogP contribution is -2.31. The molecule has 1 saturated carbocycles. The van der Waals surface area contributed by atoms with E-state index in [1.807, 2.05) is 0 Å². The van der Waals surface area contributed by atoms with Gasteiger partial charge >= 0.3 is 5.97 Å². The van der Waals surface area contributed by atoms with Gasteiger partial charge in [-0.1, -0.05) is 33.1 Å². The highest BCUT2D eigenvalue weighted by atomic mass is 16.5. The Hall–Kier alpha value is -0.530. The van der Waals surface area contributed by atoms with Gasteiger partial charge in [-0.15, -0.1) is 0 Å². The Balaban J connectivity index is 2.40. The van der Waals surface area contributed by atoms with E-state index in [0.29, 0.717) is 17.9 Å². The van der Waals surface area contributed by atoms with Crippen molar-refractivity contribution >= 4 is 5.97 Å². The average Bonchev–Trinajstić information content (AvgIpc) is 2.15. The van der Waals surface area contributed by atoms with E-state index >= 15 is 0 Å². The smallest absolute Gasteiger partial charge is 0.302 e. The van der Waals surface area contributed by atoms with E-state index in [1.165, 1.54) is 39.0 Å². The minimum atomic E-state index is -0.156. The number of hydrogen-bond acceptors (Lipinski definition) is 2. The second-order valence-electron chi connectivity index (χ2n) is 4.92. The maximum atomic E-state index is 10.7. The fraction of sp³-hybridized carbons (Fsp3) is 0.917. The number of rotatable bonds is 3. The Morgan fingerprint density at radius 3 is 2.43 bits per heavy atom. The molecule has 1 fully saturated rings. The molecule has 0 heterocycles. The summed E-state index contributed by atoms with van der Waals surface area (Å²) in [5, 5.41) is 0. The quantitative estimate of drug-likeness (QED) is 0.651. The molecule has 1 aliphatic rings. The molecule has 0 bridgehead atoms. The van der Waals surface area contributed by atoms with Crippen molar-refractivity contribution in [2.24, 2.45) is 11.3 Å². The average molecular weight is 198 g/mol. The van der Waals surface area contributed by atoms with E-state index in [2.05, 4.69) is 13.8 Å². The minimum absolute atomic E-state index is 0.156. The third-order valence-electron chi connectivity index (χ3n) is 3.72. The van der Waals surface area contributed by atoms with Gasteiger partial charge in [0.1, 0.15) is 0 Å². The van der Waals surface area contributed by atoms with E-state index in [4.69, 9.17) is 4.74 Å². The van der Waals surface area contributed by atoms with Gasteiger partial charge in [0.2, 0.25) is 0 Å². The van der Waals surface area contributed by atoms with Crippen LogP contribution in [0.4, 0.5) is 0 Å². The van der Waals surface area contributed by atoms with Crippen LogP contribution < -0.4 is 0 Å². The molecule has 1 aliphatic carbocycles. The fourth-order valence-corrected chi connectivity index (χ4v) is 2.30. The summed E-state index contributed by atoms with van der Waals surface area (Å²) >= 11 is 0. The molecule has 0 amide bonds. The van der Waals surface area contributed by atoms with Crippen molar-refractivity contribution in [2.45, 2.75) is 52.9 Å². The highest BCUT2D eigenvalue weighted by Gasteiger charge is 2.32. The zero-order chi connectivity index (χ0) is 10.6. The number of carbonyl (C=O) groups excluding carboxylic acids is 1. The first-order valence-corrected chi connectivity index (χ1v) is 5.68. The minimum Gasteiger partial charge on any atom is -0.466 e. The summed E-state index contributed by atoms with van der Waals surface area (Å²) in [5.41, 5.74) is 0.397. The Labute approximate surface area is 87.0 Å². The second-order valence-corrected chi connectivity index (χ2v) is 4.92. The van der Waals surface area contributed by atoms with Crippen LogP contribution in [0.5, 0.6) is 0 Å². The zero-order valence-corrected chi connectivity index (χ0v) is 9.64. The van der Waals surface area contributed by atoms with Crippen LogP contribution in [0.3, 0.4) is 0 Å². The molecular formula is C12H22O2. The molecule has 1 unspecified atom stereocenters. The van der Waals surface area contributed by atoms with Crippen LogP contribution in [0.25, 0.3) is 0 Å². The van der Waals surface area contributed by atoms with Crippen LogP contribution in [0.15, 0.2) is 0 Å². The van der Waals surface area contributed by atoms with E-state index in [0.717, 1.165) is 0 Å². The number of esters is 1. The number of ether oxygens (including phenoxy) is 1. The maximum absolute atomic E-state index is 10.7. The molecule has 0 aromatic rings. The van der Waals surface area contributed by atoms with E-state index < -0.39 is 0 Å². The largest absolute Gasteiger partial charge is 0.466 e. The molecule has 2 heteroatoms. The molecule has 0 radical (unpaired) electrons. The Morgan fingerprint density at radius 1 is 1.36 bits per heavy atom. The van der Waals surface area contributed by atoms with Gasteiger partial charge in [-0.3, -0.25) is 4.79 Å². The molecule has 0 saturated heterocycles. The molecule has 14 heavy (non-hydrogen) atoms. The monoisotopic (exact) mass is 198 g/mol. The van der Waals surface area contributed by atoms with Crippen LogP contribution in [-0.2, 0) is 9.53 Å². The summed E-state index contributed by atoms with van der Waals surface area (Å²) in [4.78, 5) is 10.7. The number of carbonyl (C=O) groups is 1. The van der Waals surface area contributed by atoms with Crippen molar-refractivity contribution < 1.29 is 9.53 Å². The Bertz CT molecular complexity index is 192. The first-order valence-electron chi connectivity index (χ1n) is 5.68. The molecule has 0 aromatic carbocycles. The van der Waals surface area contributed by atoms with Gasteiger partial charge in [0.05, 0.1) is 6.61 Å². The topological polar surface area (TPSA) is 26.3 Å². The van der Waals surface area contributed by atoms with Crippen molar-refractivity contribution in [3.05, 3.63) is 0 Å². The molecule has 0 aromatic heterocycles. The van der Waals surface area contributed by atoms with Crippen molar-refractivity contribution in [3.63, 3.8) is 0 Å². The summed E-state index contributed by atoms with van der Waals surface area (Å²) < 4.78 is 5.08. The van der Waals surface area contributed by atoms with E-state index in [-0.39, 0.29) is 5.97 Å². The zero-order valence-electron chi connectivity index (χ0n) is 9.64. The molecule has 1 atom stereocenters. The highest BCUT2D eigenvalue weighted by molar-refractivity contribution is 5.65. The van der Waals surface area contributed by atoms with Gasteiger partial charge in [0, 0.05) is 6.92 Å². The summed E-state index contributed by atoms with van der Waals surface area (Å²) in [7, 11) is 0. The maximum Gasteiger partial charge on any atom is 0.302 e. The molecule has 0 aliphatic heterocycles. The van der Waals surface area contributed by atoms with Gasteiger partial charge in [-0.05, 0) is 24.2 Å². The van der Waals surface area contributed by atoms with Crippen LogP contribution in [0.2, 0.25) is 0 Å². The van der Waals surface area contributed by atoms with Crippen molar-refractivity contribution in [1.82, 2.24) is 0 Å². The third kappa shape index (κ3) is 3.00. The Morgan fingerprint density at radius 2 is 1.93 bits per heavy atom. The lowest BCUT2D eigenvalue weighted by atomic mass is 9.68. The Kier molecular flexibility index (Phi) is 3.97. The van der Waals surface area contributed by atoms with E-state index in [9.17, 15) is 4.79 Å². The normalized spacial score (nSPS) is 22.8. The first-order chi connectivity index (χ1) is 6.54. The SMILES string of the molecule is CC(=O)OCC(C)C1(C)CCCCC1. The molecule has 0 spiro atoms. The molecule has 0 N–H and O–H groups in total. The summed E-state index contributed by atoms with van der Waals surface area (Å²) in [6, 6.07) is 0. The lowest BCUT2D eigenvalue weighted by molar-refractivity contribution is -0.143. The van der Waals surface area contributed by atoms with Gasteiger partial charge in [0.25, 0.3) is 0 Å². The van der Waals surface area contributed by atoms with Crippen molar-refractivity contribution in [2.75, 3.05) is 6.61 Å². The summed E-state index contributed by atoms with van der Waals surface area (Å²) in [6.45, 7) is 6.61. The summed E-state index contributed by atoms with van der Waals surface area (Å²) in [6.07, 6.45) is 6.61. The highest BCUT2D eigenvalue weighted by Crippen LogP contribution is 2.42. The fourth-order valence-electron chi connectivity index (χ4n) is 2.30. The molecule has 82 valence electrons.